The van der Waals surface area contributed by atoms with E-state index >= 15 is 0 Å². The average Bonchev–Trinajstić information content (AvgIpc) is 2.84. The molecule has 0 saturated carbocycles. The Bertz CT molecular complexity index is 1470. The summed E-state index contributed by atoms with van der Waals surface area (Å²) < 4.78 is 88.2. The van der Waals surface area contributed by atoms with Crippen molar-refractivity contribution < 1.29 is 30.1 Å². The molecule has 0 saturated heterocycles. The topological polar surface area (TPSA) is 81.6 Å². The number of aromatic carboxylic acids is 1. The second-order valence-corrected chi connectivity index (χ2v) is 6.05. The number of nitrogens with one attached hydrogen (secondary N) is 2. The Hall–Kier alpha value is -2.86. The second-order valence-electron chi connectivity index (χ2n) is 5.68. The van der Waals surface area contributed by atoms with Crippen LogP contribution in [-0.4, -0.2) is 35.8 Å². The van der Waals surface area contributed by atoms with Gasteiger partial charge in [-0.15, -0.1) is 0 Å². The number of rotatable bonds is 9. The minimum Gasteiger partial charge on any atom is -0.478 e. The van der Waals surface area contributed by atoms with Crippen LogP contribution >= 0.6 is 11.6 Å². The first kappa shape index (κ1) is 10.8. The lowest BCUT2D eigenvalue weighted by Crippen LogP contribution is -2.26. The van der Waals surface area contributed by atoms with E-state index in [0.29, 0.717) is 0 Å². The first-order valence-corrected chi connectivity index (χ1v) is 8.70. The maximum Gasteiger partial charge on any atom is 0.335 e. The number of hydrogen-bond acceptors (Lipinski definition) is 4. The molecule has 0 aliphatic heterocycles. The summed E-state index contributed by atoms with van der Waals surface area (Å²) >= 11 is 5.84. The predicted molar refractivity (Wildman–Crippen MR) is 117 cm³/mol. The Balaban J connectivity index is 1.82. The van der Waals surface area contributed by atoms with Crippen LogP contribution in [0, 0.1) is 0 Å². The third kappa shape index (κ3) is 6.06. The van der Waals surface area contributed by atoms with E-state index in [0.717, 1.165) is 0 Å². The van der Waals surface area contributed by atoms with Gasteiger partial charge in [-0.1, -0.05) is 47.9 Å². The van der Waals surface area contributed by atoms with Crippen LogP contribution in [0.2, 0.25) is 5.02 Å². The number of anilines is 1. The average molecular weight is 422 g/mol. The highest BCUT2D eigenvalue weighted by Gasteiger charge is 2.07. The molecule has 29 heavy (non-hydrogen) atoms. The zero-order valence-electron chi connectivity index (χ0n) is 25.9. The van der Waals surface area contributed by atoms with Crippen molar-refractivity contribution in [1.29, 1.82) is 0 Å². The van der Waals surface area contributed by atoms with Crippen molar-refractivity contribution in [3.05, 3.63) is 88.8 Å². The predicted octanol–water partition coefficient (Wildman–Crippen LogP) is 4.44. The van der Waals surface area contributed by atoms with Crippen molar-refractivity contribution in [3.63, 3.8) is 0 Å². The number of hydrogen-bond donors (Lipinski definition) is 4. The Morgan fingerprint density at radius 1 is 1.21 bits per heavy atom. The van der Waals surface area contributed by atoms with Crippen molar-refractivity contribution in [2.45, 2.75) is 6.08 Å². The van der Waals surface area contributed by atoms with Gasteiger partial charge >= 0.3 is 5.97 Å². The monoisotopic (exact) mass is 421 g/mol. The van der Waals surface area contributed by atoms with Crippen LogP contribution in [0.3, 0.4) is 0 Å². The molecule has 5 nitrogen and oxygen atoms in total. The van der Waals surface area contributed by atoms with E-state index in [-0.39, 0.29) is 16.8 Å². The van der Waals surface area contributed by atoms with Gasteiger partial charge in [-0.05, 0) is 53.0 Å². The van der Waals surface area contributed by atoms with Gasteiger partial charge in [0.25, 0.3) is 0 Å². The van der Waals surface area contributed by atoms with E-state index in [2.05, 4.69) is 10.6 Å². The van der Waals surface area contributed by atoms with Gasteiger partial charge in [-0.2, -0.15) is 0 Å². The lowest BCUT2D eigenvalue weighted by molar-refractivity contribution is 0.0697. The van der Waals surface area contributed by atoms with Gasteiger partial charge in [-0.3, -0.25) is 0 Å². The van der Waals surface area contributed by atoms with Crippen LogP contribution in [0.4, 0.5) is 5.69 Å². The molecule has 0 radical (unpaired) electrons. The van der Waals surface area contributed by atoms with Gasteiger partial charge in [0.1, 0.15) is 0 Å². The lowest BCUT2D eigenvalue weighted by atomic mass is 10.0. The quantitative estimate of drug-likeness (QED) is 0.410. The van der Waals surface area contributed by atoms with E-state index in [4.69, 9.17) is 26.7 Å². The molecule has 4 N–H and O–H groups in total. The summed E-state index contributed by atoms with van der Waals surface area (Å²) in [6, 6.07) is 0.426. The molecule has 0 bridgehead atoms. The third-order valence-corrected chi connectivity index (χ3v) is 3.80. The molecule has 3 aromatic rings. The van der Waals surface area contributed by atoms with Crippen LogP contribution in [0.25, 0.3) is 11.1 Å². The standard InChI is InChI=1S/C23H23ClN2O3/c24-20-8-2-6-18(13-20)22(27)15-25-10-11-26-21-9-3-5-17(14-21)16-4-1-7-19(12-16)23(28)29/h1-9,12-14,22,25-27H,10-11,15H2,(H,28,29)/t22-/m1/s1/i1D,2D,4D,6D,7D,8D,11D2,12D,13D,22D. The summed E-state index contributed by atoms with van der Waals surface area (Å²) in [7, 11) is 0. The fraction of sp³-hybridized carbons (Fsp3) is 0.174. The SMILES string of the molecule is [2H]c1c([2H])c(C(=O)O)c([2H])c(-c2cccc(NC([2H])([2H])CNC[C@@]([2H])(O)c3c([2H])c([2H])c([2H])c(Cl)c3[2H])c2)c1[2H]. The van der Waals surface area contributed by atoms with Gasteiger partial charge in [0.2, 0.25) is 0 Å². The zero-order chi connectivity index (χ0) is 30.3. The highest BCUT2D eigenvalue weighted by atomic mass is 35.5. The maximum absolute atomic E-state index is 11.6. The molecule has 1 atom stereocenters. The van der Waals surface area contributed by atoms with E-state index in [1.54, 1.807) is 0 Å². The van der Waals surface area contributed by atoms with Gasteiger partial charge in [0, 0.05) is 30.3 Å². The fourth-order valence-electron chi connectivity index (χ4n) is 2.29. The largest absolute Gasteiger partial charge is 0.478 e. The molecular formula is C23H23ClN2O3. The molecule has 0 spiro atoms. The minimum atomic E-state index is -2.66. The van der Waals surface area contributed by atoms with Crippen molar-refractivity contribution in [1.82, 2.24) is 5.32 Å². The molecule has 0 unspecified atom stereocenters. The number of carboxylic acids is 1. The Labute approximate surface area is 190 Å². The molecular weight excluding hydrogens is 388 g/mol. The van der Waals surface area contributed by atoms with E-state index in [9.17, 15) is 15.0 Å². The van der Waals surface area contributed by atoms with Crippen LogP contribution < -0.4 is 10.6 Å². The first-order valence-electron chi connectivity index (χ1n) is 13.8. The van der Waals surface area contributed by atoms with Crippen LogP contribution in [0.1, 0.15) is 37.1 Å². The van der Waals surface area contributed by atoms with Crippen LogP contribution in [0.15, 0.2) is 72.6 Å². The smallest absolute Gasteiger partial charge is 0.335 e. The summed E-state index contributed by atoms with van der Waals surface area (Å²) in [6.07, 6.45) is -2.66. The van der Waals surface area contributed by atoms with Crippen LogP contribution in [0.5, 0.6) is 0 Å². The van der Waals surface area contributed by atoms with E-state index in [1.807, 2.05) is 0 Å². The van der Waals surface area contributed by atoms with Crippen molar-refractivity contribution in [3.8, 4) is 11.1 Å². The minimum absolute atomic E-state index is 0.132. The fourth-order valence-corrected chi connectivity index (χ4v) is 2.43. The molecule has 150 valence electrons. The molecule has 0 aliphatic carbocycles. The van der Waals surface area contributed by atoms with Crippen molar-refractivity contribution in [2.24, 2.45) is 0 Å². The van der Waals surface area contributed by atoms with Gasteiger partial charge in [-0.25, -0.2) is 4.79 Å². The number of benzene rings is 3. The molecule has 0 aromatic heterocycles. The van der Waals surface area contributed by atoms with E-state index < -0.39 is 96.1 Å². The number of aliphatic hydroxyl groups is 1. The molecule has 6 heteroatoms. The highest BCUT2D eigenvalue weighted by Crippen LogP contribution is 2.23. The Morgan fingerprint density at radius 3 is 2.86 bits per heavy atom. The molecule has 0 aliphatic rings. The molecule has 3 rings (SSSR count). The normalized spacial score (nSPS) is 18.8. The maximum atomic E-state index is 11.6. The van der Waals surface area contributed by atoms with Crippen molar-refractivity contribution in [2.75, 3.05) is 24.9 Å². The number of halogens is 1. The summed E-state index contributed by atoms with van der Waals surface area (Å²) in [5.41, 5.74) is -1.30. The van der Waals surface area contributed by atoms with Gasteiger partial charge < -0.3 is 20.8 Å². The summed E-state index contributed by atoms with van der Waals surface area (Å²) in [4.78, 5) is 11.6. The molecule has 0 heterocycles. The zero-order valence-corrected chi connectivity index (χ0v) is 15.7. The summed E-state index contributed by atoms with van der Waals surface area (Å²) in [5.74, 6) is -1.59. The van der Waals surface area contributed by atoms with Crippen molar-refractivity contribution >= 4 is 23.3 Å². The third-order valence-electron chi connectivity index (χ3n) is 3.61. The van der Waals surface area contributed by atoms with Crippen LogP contribution in [-0.2, 0) is 0 Å². The Morgan fingerprint density at radius 2 is 2.03 bits per heavy atom. The van der Waals surface area contributed by atoms with E-state index in [1.165, 1.54) is 24.3 Å². The Kier molecular flexibility index (Phi) is 3.75. The lowest BCUT2D eigenvalue weighted by Gasteiger charge is -2.13. The molecule has 3 aromatic carbocycles. The molecule has 0 amide bonds. The second kappa shape index (κ2) is 10.1. The number of carbonyl (C=O) groups is 1. The summed E-state index contributed by atoms with van der Waals surface area (Å²) in [5, 5.41) is 24.6. The highest BCUT2D eigenvalue weighted by molar-refractivity contribution is 6.30. The summed E-state index contributed by atoms with van der Waals surface area (Å²) in [6.45, 7) is -3.43. The molecule has 0 fully saturated rings. The number of carboxylic acid groups (broad SMARTS) is 1. The van der Waals surface area contributed by atoms with Gasteiger partial charge in [0.15, 0.2) is 0 Å². The first-order chi connectivity index (χ1) is 18.4. The van der Waals surface area contributed by atoms with Gasteiger partial charge in [0.05, 0.1) is 26.7 Å².